The summed E-state index contributed by atoms with van der Waals surface area (Å²) < 4.78 is 5.71. The molecule has 2 nitrogen and oxygen atoms in total. The van der Waals surface area contributed by atoms with Crippen LogP contribution in [0.1, 0.15) is 43.4 Å². The highest BCUT2D eigenvalue weighted by Crippen LogP contribution is 2.22. The quantitative estimate of drug-likeness (QED) is 0.760. The Morgan fingerprint density at radius 2 is 1.55 bits per heavy atom. The van der Waals surface area contributed by atoms with Gasteiger partial charge in [0.15, 0.2) is 0 Å². The molecule has 0 bridgehead atoms. The molecule has 106 valence electrons. The molecule has 0 fully saturated rings. The zero-order chi connectivity index (χ0) is 14.2. The number of nitrogens with two attached hydrogens (primary N) is 1. The fourth-order valence-corrected chi connectivity index (χ4v) is 2.17. The van der Waals surface area contributed by atoms with Crippen molar-refractivity contribution >= 4 is 0 Å². The third-order valence-corrected chi connectivity index (χ3v) is 3.41. The molecule has 0 saturated carbocycles. The van der Waals surface area contributed by atoms with Crippen LogP contribution in [0.4, 0.5) is 0 Å². The van der Waals surface area contributed by atoms with E-state index in [0.29, 0.717) is 0 Å². The Balaban J connectivity index is 1.94. The van der Waals surface area contributed by atoms with Crippen molar-refractivity contribution in [2.24, 2.45) is 5.73 Å². The highest BCUT2D eigenvalue weighted by molar-refractivity contribution is 5.34. The van der Waals surface area contributed by atoms with Crippen molar-refractivity contribution in [3.63, 3.8) is 0 Å². The Morgan fingerprint density at radius 3 is 2.20 bits per heavy atom. The van der Waals surface area contributed by atoms with Gasteiger partial charge >= 0.3 is 0 Å². The van der Waals surface area contributed by atoms with Gasteiger partial charge in [0.2, 0.25) is 0 Å². The van der Waals surface area contributed by atoms with Crippen molar-refractivity contribution in [1.82, 2.24) is 0 Å². The Kier molecular flexibility index (Phi) is 5.63. The lowest BCUT2D eigenvalue weighted by molar-refractivity contribution is 0.306. The van der Waals surface area contributed by atoms with E-state index in [2.05, 4.69) is 19.1 Å². The van der Waals surface area contributed by atoms with E-state index in [1.165, 1.54) is 12.8 Å². The van der Waals surface area contributed by atoms with Gasteiger partial charge in [0, 0.05) is 0 Å². The van der Waals surface area contributed by atoms with Gasteiger partial charge < -0.3 is 10.5 Å². The lowest BCUT2D eigenvalue weighted by Crippen LogP contribution is -2.11. The normalized spacial score (nSPS) is 12.1. The minimum absolute atomic E-state index is 0.0784. The molecule has 2 heteroatoms. The number of hydrogen-bond donors (Lipinski definition) is 1. The molecule has 0 aliphatic rings. The van der Waals surface area contributed by atoms with E-state index >= 15 is 0 Å². The molecule has 1 unspecified atom stereocenters. The van der Waals surface area contributed by atoms with Crippen molar-refractivity contribution in [2.75, 3.05) is 6.61 Å². The molecule has 2 N–H and O–H groups in total. The molecular formula is C18H23NO. The van der Waals surface area contributed by atoms with Gasteiger partial charge in [-0.15, -0.1) is 0 Å². The van der Waals surface area contributed by atoms with Gasteiger partial charge in [-0.3, -0.25) is 0 Å². The highest BCUT2D eigenvalue weighted by Gasteiger charge is 2.08. The third-order valence-electron chi connectivity index (χ3n) is 3.41. The van der Waals surface area contributed by atoms with Crippen molar-refractivity contribution < 1.29 is 4.74 Å². The molecule has 2 rings (SSSR count). The van der Waals surface area contributed by atoms with Crippen LogP contribution in [0, 0.1) is 0 Å². The average molecular weight is 269 g/mol. The highest BCUT2D eigenvalue weighted by atomic mass is 16.5. The van der Waals surface area contributed by atoms with Gasteiger partial charge in [0.05, 0.1) is 12.6 Å². The molecule has 0 spiro atoms. The zero-order valence-corrected chi connectivity index (χ0v) is 12.1. The first kappa shape index (κ1) is 14.6. The summed E-state index contributed by atoms with van der Waals surface area (Å²) in [4.78, 5) is 0. The summed E-state index contributed by atoms with van der Waals surface area (Å²) in [7, 11) is 0. The monoisotopic (exact) mass is 269 g/mol. The molecule has 0 heterocycles. The summed E-state index contributed by atoms with van der Waals surface area (Å²) in [6.45, 7) is 2.98. The third kappa shape index (κ3) is 4.10. The molecule has 0 radical (unpaired) electrons. The molecule has 0 aliphatic heterocycles. The first-order valence-corrected chi connectivity index (χ1v) is 7.34. The molecule has 0 saturated heterocycles. The summed E-state index contributed by atoms with van der Waals surface area (Å²) in [6.07, 6.45) is 3.55. The van der Waals surface area contributed by atoms with Gasteiger partial charge in [0.25, 0.3) is 0 Å². The Morgan fingerprint density at radius 1 is 0.900 bits per heavy atom. The van der Waals surface area contributed by atoms with Crippen LogP contribution in [0.5, 0.6) is 5.75 Å². The maximum atomic E-state index is 6.27. The number of benzene rings is 2. The number of hydrogen-bond acceptors (Lipinski definition) is 2. The maximum absolute atomic E-state index is 6.27. The summed E-state index contributed by atoms with van der Waals surface area (Å²) in [5, 5.41) is 0. The molecule has 0 aliphatic carbocycles. The topological polar surface area (TPSA) is 35.2 Å². The molecule has 0 aromatic heterocycles. The first-order valence-electron chi connectivity index (χ1n) is 7.34. The van der Waals surface area contributed by atoms with Gasteiger partial charge in [-0.1, -0.05) is 62.2 Å². The van der Waals surface area contributed by atoms with E-state index in [9.17, 15) is 0 Å². The second-order valence-corrected chi connectivity index (χ2v) is 5.01. The fourth-order valence-electron chi connectivity index (χ4n) is 2.17. The van der Waals surface area contributed by atoms with Crippen molar-refractivity contribution in [2.45, 2.75) is 32.2 Å². The van der Waals surface area contributed by atoms with Crippen molar-refractivity contribution in [3.8, 4) is 5.75 Å². The summed E-state index contributed by atoms with van der Waals surface area (Å²) >= 11 is 0. The SMILES string of the molecule is CCCCCOc1ccc(C(N)c2ccccc2)cc1. The maximum Gasteiger partial charge on any atom is 0.119 e. The predicted molar refractivity (Wildman–Crippen MR) is 83.9 cm³/mol. The number of ether oxygens (including phenoxy) is 1. The van der Waals surface area contributed by atoms with Crippen LogP contribution in [0.3, 0.4) is 0 Å². The summed E-state index contributed by atoms with van der Waals surface area (Å²) in [5.74, 6) is 0.921. The van der Waals surface area contributed by atoms with Gasteiger partial charge in [-0.25, -0.2) is 0 Å². The van der Waals surface area contributed by atoms with Crippen molar-refractivity contribution in [1.29, 1.82) is 0 Å². The minimum Gasteiger partial charge on any atom is -0.494 e. The minimum atomic E-state index is -0.0784. The van der Waals surface area contributed by atoms with E-state index in [0.717, 1.165) is 29.9 Å². The molecule has 1 atom stereocenters. The van der Waals surface area contributed by atoms with Gasteiger partial charge in [-0.2, -0.15) is 0 Å². The molecule has 2 aromatic carbocycles. The zero-order valence-electron chi connectivity index (χ0n) is 12.1. The van der Waals surface area contributed by atoms with Crippen LogP contribution in [-0.2, 0) is 0 Å². The van der Waals surface area contributed by atoms with E-state index < -0.39 is 0 Å². The van der Waals surface area contributed by atoms with Crippen molar-refractivity contribution in [3.05, 3.63) is 65.7 Å². The fraction of sp³-hybridized carbons (Fsp3) is 0.333. The largest absolute Gasteiger partial charge is 0.494 e. The van der Waals surface area contributed by atoms with Crippen LogP contribution in [-0.4, -0.2) is 6.61 Å². The van der Waals surface area contributed by atoms with Crippen LogP contribution in [0.15, 0.2) is 54.6 Å². The first-order chi connectivity index (χ1) is 9.81. The average Bonchev–Trinajstić information content (AvgIpc) is 2.52. The van der Waals surface area contributed by atoms with Crippen LogP contribution in [0.2, 0.25) is 0 Å². The van der Waals surface area contributed by atoms with Crippen LogP contribution >= 0.6 is 0 Å². The lowest BCUT2D eigenvalue weighted by Gasteiger charge is -2.13. The predicted octanol–water partition coefficient (Wildman–Crippen LogP) is 4.30. The summed E-state index contributed by atoms with van der Waals surface area (Å²) in [6, 6.07) is 18.2. The molecule has 2 aromatic rings. The summed E-state index contributed by atoms with van der Waals surface area (Å²) in [5.41, 5.74) is 8.50. The van der Waals surface area contributed by atoms with E-state index in [-0.39, 0.29) is 6.04 Å². The Bertz CT molecular complexity index is 493. The van der Waals surface area contributed by atoms with E-state index in [4.69, 9.17) is 10.5 Å². The van der Waals surface area contributed by atoms with Gasteiger partial charge in [0.1, 0.15) is 5.75 Å². The molecule has 0 amide bonds. The van der Waals surface area contributed by atoms with Crippen LogP contribution < -0.4 is 10.5 Å². The number of rotatable bonds is 7. The van der Waals surface area contributed by atoms with Gasteiger partial charge in [-0.05, 0) is 29.7 Å². The molecule has 20 heavy (non-hydrogen) atoms. The van der Waals surface area contributed by atoms with E-state index in [1.807, 2.05) is 42.5 Å². The Labute approximate surface area is 121 Å². The smallest absolute Gasteiger partial charge is 0.119 e. The Hall–Kier alpha value is -1.80. The van der Waals surface area contributed by atoms with Crippen LogP contribution in [0.25, 0.3) is 0 Å². The second kappa shape index (κ2) is 7.71. The second-order valence-electron chi connectivity index (χ2n) is 5.01. The van der Waals surface area contributed by atoms with E-state index in [1.54, 1.807) is 0 Å². The standard InChI is InChI=1S/C18H23NO/c1-2-3-7-14-20-17-12-10-16(11-13-17)18(19)15-8-5-4-6-9-15/h4-6,8-13,18H,2-3,7,14,19H2,1H3. The number of unbranched alkanes of at least 4 members (excludes halogenated alkanes) is 2. The molecular weight excluding hydrogens is 246 g/mol. The lowest BCUT2D eigenvalue weighted by atomic mass is 10.00.